The maximum atomic E-state index is 14.0. The highest BCUT2D eigenvalue weighted by molar-refractivity contribution is 5.93. The van der Waals surface area contributed by atoms with E-state index in [4.69, 9.17) is 5.21 Å². The lowest BCUT2D eigenvalue weighted by Gasteiger charge is -2.05. The third-order valence-corrected chi connectivity index (χ3v) is 3.32. The van der Waals surface area contributed by atoms with Gasteiger partial charge < -0.3 is 0 Å². The Bertz CT molecular complexity index is 833. The predicted octanol–water partition coefficient (Wildman–Crippen LogP) is 2.25. The Morgan fingerprint density at radius 2 is 2.00 bits per heavy atom. The summed E-state index contributed by atoms with van der Waals surface area (Å²) in [4.78, 5) is 15.4. The van der Waals surface area contributed by atoms with Gasteiger partial charge in [0.05, 0.1) is 6.54 Å². The number of rotatable bonds is 4. The standard InChI is InChI=1S/C16H13FN4O2/c17-14-8-12(16(22)20-23)6-7-13(14)9-21-10-18-15(19-21)11-4-2-1-3-5-11/h1-8,10,23H,9H2,(H,20,22). The highest BCUT2D eigenvalue weighted by Gasteiger charge is 2.10. The fourth-order valence-corrected chi connectivity index (χ4v) is 2.15. The second kappa shape index (κ2) is 6.37. The Hall–Kier alpha value is -3.06. The van der Waals surface area contributed by atoms with Gasteiger partial charge in [-0.3, -0.25) is 10.0 Å². The van der Waals surface area contributed by atoms with Gasteiger partial charge in [-0.25, -0.2) is 19.5 Å². The number of nitrogens with zero attached hydrogens (tertiary/aromatic N) is 3. The van der Waals surface area contributed by atoms with Gasteiger partial charge in [0.2, 0.25) is 0 Å². The number of amides is 1. The van der Waals surface area contributed by atoms with E-state index in [2.05, 4.69) is 10.1 Å². The molecule has 1 heterocycles. The number of benzene rings is 2. The maximum Gasteiger partial charge on any atom is 0.274 e. The van der Waals surface area contributed by atoms with Crippen molar-refractivity contribution in [2.45, 2.75) is 6.54 Å². The zero-order valence-electron chi connectivity index (χ0n) is 12.0. The molecule has 0 aliphatic rings. The van der Waals surface area contributed by atoms with Crippen LogP contribution in [0.25, 0.3) is 11.4 Å². The highest BCUT2D eigenvalue weighted by Crippen LogP contribution is 2.15. The van der Waals surface area contributed by atoms with Crippen LogP contribution in [0.15, 0.2) is 54.9 Å². The van der Waals surface area contributed by atoms with Crippen molar-refractivity contribution >= 4 is 5.91 Å². The number of aromatic nitrogens is 3. The van der Waals surface area contributed by atoms with Gasteiger partial charge >= 0.3 is 0 Å². The third kappa shape index (κ3) is 3.24. The average Bonchev–Trinajstić information content (AvgIpc) is 3.05. The van der Waals surface area contributed by atoms with Crippen LogP contribution in [0.5, 0.6) is 0 Å². The molecule has 0 radical (unpaired) electrons. The van der Waals surface area contributed by atoms with Crippen LogP contribution >= 0.6 is 0 Å². The van der Waals surface area contributed by atoms with Gasteiger partial charge in [-0.1, -0.05) is 36.4 Å². The number of hydrogen-bond donors (Lipinski definition) is 2. The van der Waals surface area contributed by atoms with Gasteiger partial charge in [-0.15, -0.1) is 0 Å². The van der Waals surface area contributed by atoms with Crippen LogP contribution in [-0.4, -0.2) is 25.9 Å². The largest absolute Gasteiger partial charge is 0.288 e. The molecule has 0 aliphatic carbocycles. The maximum absolute atomic E-state index is 14.0. The number of carbonyl (C=O) groups is 1. The highest BCUT2D eigenvalue weighted by atomic mass is 19.1. The summed E-state index contributed by atoms with van der Waals surface area (Å²) >= 11 is 0. The van der Waals surface area contributed by atoms with E-state index in [0.29, 0.717) is 11.4 Å². The molecule has 0 fully saturated rings. The molecule has 0 spiro atoms. The quantitative estimate of drug-likeness (QED) is 0.572. The van der Waals surface area contributed by atoms with E-state index in [1.165, 1.54) is 28.6 Å². The third-order valence-electron chi connectivity index (χ3n) is 3.32. The summed E-state index contributed by atoms with van der Waals surface area (Å²) in [5.41, 5.74) is 2.75. The van der Waals surface area contributed by atoms with Crippen LogP contribution in [0.1, 0.15) is 15.9 Å². The summed E-state index contributed by atoms with van der Waals surface area (Å²) in [6.45, 7) is 0.187. The Morgan fingerprint density at radius 1 is 1.22 bits per heavy atom. The first-order valence-electron chi connectivity index (χ1n) is 6.85. The average molecular weight is 312 g/mol. The van der Waals surface area contributed by atoms with Crippen LogP contribution in [-0.2, 0) is 6.54 Å². The van der Waals surface area contributed by atoms with Crippen molar-refractivity contribution in [3.8, 4) is 11.4 Å². The van der Waals surface area contributed by atoms with Gasteiger partial charge in [0, 0.05) is 16.7 Å². The molecule has 2 aromatic carbocycles. The molecule has 6 nitrogen and oxygen atoms in total. The number of hydroxylamine groups is 1. The van der Waals surface area contributed by atoms with Gasteiger partial charge in [-0.2, -0.15) is 5.10 Å². The van der Waals surface area contributed by atoms with Gasteiger partial charge in [-0.05, 0) is 12.1 Å². The molecule has 1 amide bonds. The summed E-state index contributed by atoms with van der Waals surface area (Å²) in [6.07, 6.45) is 1.52. The van der Waals surface area contributed by atoms with E-state index >= 15 is 0 Å². The molecule has 1 aromatic heterocycles. The first-order chi connectivity index (χ1) is 11.2. The molecule has 0 unspecified atom stereocenters. The Balaban J connectivity index is 1.80. The molecule has 3 aromatic rings. The van der Waals surface area contributed by atoms with Gasteiger partial charge in [0.1, 0.15) is 12.1 Å². The minimum absolute atomic E-state index is 0.0392. The summed E-state index contributed by atoms with van der Waals surface area (Å²) < 4.78 is 15.6. The van der Waals surface area contributed by atoms with E-state index in [0.717, 1.165) is 11.6 Å². The van der Waals surface area contributed by atoms with E-state index in [1.807, 2.05) is 30.3 Å². The summed E-state index contributed by atoms with van der Waals surface area (Å²) in [5, 5.41) is 12.9. The van der Waals surface area contributed by atoms with Gasteiger partial charge in [0.25, 0.3) is 5.91 Å². The van der Waals surface area contributed by atoms with Gasteiger partial charge in [0.15, 0.2) is 5.82 Å². The Labute approximate surface area is 131 Å². The topological polar surface area (TPSA) is 80.0 Å². The molecule has 0 saturated heterocycles. The van der Waals surface area contributed by atoms with Crippen molar-refractivity contribution in [2.24, 2.45) is 0 Å². The van der Waals surface area contributed by atoms with Crippen LogP contribution in [0, 0.1) is 5.82 Å². The molecule has 0 saturated carbocycles. The van der Waals surface area contributed by atoms with Crippen molar-refractivity contribution in [1.29, 1.82) is 0 Å². The molecule has 0 atom stereocenters. The summed E-state index contributed by atoms with van der Waals surface area (Å²) in [7, 11) is 0. The number of nitrogens with one attached hydrogen (secondary N) is 1. The summed E-state index contributed by atoms with van der Waals surface area (Å²) in [6, 6.07) is 13.4. The molecule has 0 bridgehead atoms. The normalized spacial score (nSPS) is 10.5. The van der Waals surface area contributed by atoms with Crippen molar-refractivity contribution in [3.05, 3.63) is 71.8 Å². The van der Waals surface area contributed by atoms with E-state index in [1.54, 1.807) is 0 Å². The fraction of sp³-hybridized carbons (Fsp3) is 0.0625. The smallest absolute Gasteiger partial charge is 0.274 e. The summed E-state index contributed by atoms with van der Waals surface area (Å²) in [5.74, 6) is -0.757. The zero-order chi connectivity index (χ0) is 16.2. The van der Waals surface area contributed by atoms with Crippen molar-refractivity contribution in [1.82, 2.24) is 20.2 Å². The Morgan fingerprint density at radius 3 is 2.70 bits per heavy atom. The van der Waals surface area contributed by atoms with Crippen LogP contribution in [0.4, 0.5) is 4.39 Å². The fourth-order valence-electron chi connectivity index (χ4n) is 2.15. The first-order valence-corrected chi connectivity index (χ1v) is 6.85. The Kier molecular flexibility index (Phi) is 4.11. The lowest BCUT2D eigenvalue weighted by Crippen LogP contribution is -2.19. The van der Waals surface area contributed by atoms with E-state index in [-0.39, 0.29) is 12.1 Å². The molecule has 116 valence electrons. The SMILES string of the molecule is O=C(NO)c1ccc(Cn2cnc(-c3ccccc3)n2)c(F)c1. The first kappa shape index (κ1) is 14.9. The number of hydrogen-bond acceptors (Lipinski definition) is 4. The lowest BCUT2D eigenvalue weighted by atomic mass is 10.1. The number of carbonyl (C=O) groups excluding carboxylic acids is 1. The van der Waals surface area contributed by atoms with Crippen LogP contribution < -0.4 is 5.48 Å². The van der Waals surface area contributed by atoms with Crippen molar-refractivity contribution in [3.63, 3.8) is 0 Å². The van der Waals surface area contributed by atoms with Crippen LogP contribution in [0.3, 0.4) is 0 Å². The second-order valence-corrected chi connectivity index (χ2v) is 4.88. The van der Waals surface area contributed by atoms with Crippen molar-refractivity contribution in [2.75, 3.05) is 0 Å². The minimum Gasteiger partial charge on any atom is -0.288 e. The van der Waals surface area contributed by atoms with E-state index in [9.17, 15) is 9.18 Å². The molecule has 7 heteroatoms. The molecule has 23 heavy (non-hydrogen) atoms. The minimum atomic E-state index is -0.762. The second-order valence-electron chi connectivity index (χ2n) is 4.88. The van der Waals surface area contributed by atoms with E-state index < -0.39 is 11.7 Å². The van der Waals surface area contributed by atoms with Crippen molar-refractivity contribution < 1.29 is 14.4 Å². The molecule has 0 aliphatic heterocycles. The monoisotopic (exact) mass is 312 g/mol. The molecular weight excluding hydrogens is 299 g/mol. The predicted molar refractivity (Wildman–Crippen MR) is 80.2 cm³/mol. The molecule has 3 rings (SSSR count). The lowest BCUT2D eigenvalue weighted by molar-refractivity contribution is 0.0706. The molecular formula is C16H13FN4O2. The van der Waals surface area contributed by atoms with Crippen LogP contribution in [0.2, 0.25) is 0 Å². The molecule has 2 N–H and O–H groups in total. The number of halogens is 1. The zero-order valence-corrected chi connectivity index (χ0v) is 12.0.